The Morgan fingerprint density at radius 3 is 2.57 bits per heavy atom. The quantitative estimate of drug-likeness (QED) is 0.757. The van der Waals surface area contributed by atoms with Crippen molar-refractivity contribution < 1.29 is 9.18 Å². The molecule has 2 aromatic carbocycles. The first kappa shape index (κ1) is 16.1. The molecule has 0 atom stereocenters. The van der Waals surface area contributed by atoms with Gasteiger partial charge in [-0.25, -0.2) is 9.38 Å². The van der Waals surface area contributed by atoms with Crippen LogP contribution in [-0.2, 0) is 4.79 Å². The summed E-state index contributed by atoms with van der Waals surface area (Å²) in [7, 11) is 0. The molecule has 0 saturated carbocycles. The van der Waals surface area contributed by atoms with Crippen molar-refractivity contribution in [3.8, 4) is 0 Å². The Hall–Kier alpha value is -1.82. The van der Waals surface area contributed by atoms with E-state index in [1.165, 1.54) is 30.0 Å². The van der Waals surface area contributed by atoms with E-state index in [2.05, 4.69) is 10.3 Å². The molecule has 0 aromatic heterocycles. The van der Waals surface area contributed by atoms with Gasteiger partial charge in [0.2, 0.25) is 0 Å². The van der Waals surface area contributed by atoms with Crippen LogP contribution in [0.15, 0.2) is 52.4 Å². The zero-order chi connectivity index (χ0) is 16.4. The molecule has 1 amide bonds. The summed E-state index contributed by atoms with van der Waals surface area (Å²) in [6, 6.07) is 11.3. The number of amides is 1. The van der Waals surface area contributed by atoms with Crippen LogP contribution in [0.5, 0.6) is 0 Å². The van der Waals surface area contributed by atoms with Crippen molar-refractivity contribution >= 4 is 57.8 Å². The van der Waals surface area contributed by atoms with Gasteiger partial charge in [-0.1, -0.05) is 35.3 Å². The minimum atomic E-state index is -0.512. The first-order valence-electron chi connectivity index (χ1n) is 6.51. The summed E-state index contributed by atoms with van der Waals surface area (Å²) in [6.07, 6.45) is 1.75. The molecule has 1 aliphatic rings. The van der Waals surface area contributed by atoms with E-state index in [0.717, 1.165) is 5.56 Å². The Labute approximate surface area is 146 Å². The number of nitrogens with one attached hydrogen (secondary N) is 1. The number of aliphatic imine (C=N–C) groups is 1. The van der Waals surface area contributed by atoms with Crippen molar-refractivity contribution in [3.63, 3.8) is 0 Å². The molecule has 0 unspecified atom stereocenters. The van der Waals surface area contributed by atoms with Crippen molar-refractivity contribution in [1.82, 2.24) is 5.32 Å². The van der Waals surface area contributed by atoms with E-state index >= 15 is 0 Å². The average Bonchev–Trinajstić information content (AvgIpc) is 2.85. The Kier molecular flexibility index (Phi) is 4.71. The van der Waals surface area contributed by atoms with E-state index in [0.29, 0.717) is 20.8 Å². The molecule has 23 heavy (non-hydrogen) atoms. The fourth-order valence-corrected chi connectivity index (χ4v) is 3.01. The molecule has 0 aliphatic carbocycles. The van der Waals surface area contributed by atoms with Gasteiger partial charge in [-0.05, 0) is 53.7 Å². The van der Waals surface area contributed by atoms with E-state index in [9.17, 15) is 9.18 Å². The minimum absolute atomic E-state index is 0.0156. The van der Waals surface area contributed by atoms with Crippen LogP contribution in [0.2, 0.25) is 10.0 Å². The van der Waals surface area contributed by atoms with Crippen LogP contribution in [0.1, 0.15) is 5.56 Å². The number of amidine groups is 1. The molecule has 1 saturated heterocycles. The largest absolute Gasteiger partial charge is 0.300 e. The third-order valence-electron chi connectivity index (χ3n) is 2.95. The van der Waals surface area contributed by atoms with E-state index in [-0.39, 0.29) is 10.9 Å². The predicted octanol–water partition coefficient (Wildman–Crippen LogP) is 5.02. The molecule has 3 nitrogen and oxygen atoms in total. The molecule has 2 aromatic rings. The van der Waals surface area contributed by atoms with E-state index in [1.54, 1.807) is 18.2 Å². The van der Waals surface area contributed by atoms with Gasteiger partial charge in [0.25, 0.3) is 5.91 Å². The fraction of sp³-hybridized carbons (Fsp3) is 0. The molecule has 1 heterocycles. The second-order valence-electron chi connectivity index (χ2n) is 4.63. The molecule has 7 heteroatoms. The zero-order valence-electron chi connectivity index (χ0n) is 11.5. The average molecular weight is 367 g/mol. The van der Waals surface area contributed by atoms with Crippen LogP contribution in [0.3, 0.4) is 0 Å². The molecular formula is C16H9Cl2FN2OS. The molecule has 3 rings (SSSR count). The van der Waals surface area contributed by atoms with Gasteiger partial charge in [0, 0.05) is 5.02 Å². The first-order valence-corrected chi connectivity index (χ1v) is 8.09. The number of thioether (sulfide) groups is 1. The molecule has 1 fully saturated rings. The van der Waals surface area contributed by atoms with Crippen molar-refractivity contribution in [3.05, 3.63) is 68.8 Å². The maximum atomic E-state index is 13.1. The van der Waals surface area contributed by atoms with Gasteiger partial charge in [0.15, 0.2) is 5.17 Å². The highest BCUT2D eigenvalue weighted by atomic mass is 35.5. The lowest BCUT2D eigenvalue weighted by molar-refractivity contribution is -0.115. The van der Waals surface area contributed by atoms with Crippen LogP contribution >= 0.6 is 35.0 Å². The second-order valence-corrected chi connectivity index (χ2v) is 6.51. The standard InChI is InChI=1S/C16H9Cl2FN2OS/c17-10-3-1-9(2-4-10)7-14-15(22)21-16(23-14)20-11-5-6-13(19)12(18)8-11/h1-8H,(H,20,21,22)/b14-7-. The third kappa shape index (κ3) is 3.93. The van der Waals surface area contributed by atoms with Crippen molar-refractivity contribution in [1.29, 1.82) is 0 Å². The fourth-order valence-electron chi connectivity index (χ4n) is 1.86. The summed E-state index contributed by atoms with van der Waals surface area (Å²) < 4.78 is 13.1. The first-order chi connectivity index (χ1) is 11.0. The lowest BCUT2D eigenvalue weighted by atomic mass is 10.2. The van der Waals surface area contributed by atoms with Crippen LogP contribution in [-0.4, -0.2) is 11.1 Å². The number of benzene rings is 2. The Morgan fingerprint density at radius 1 is 1.13 bits per heavy atom. The highest BCUT2D eigenvalue weighted by Gasteiger charge is 2.23. The number of hydrogen-bond acceptors (Lipinski definition) is 3. The third-order valence-corrected chi connectivity index (χ3v) is 4.40. The summed E-state index contributed by atoms with van der Waals surface area (Å²) in [5.41, 5.74) is 1.32. The molecule has 1 aliphatic heterocycles. The summed E-state index contributed by atoms with van der Waals surface area (Å²) in [5, 5.41) is 3.69. The van der Waals surface area contributed by atoms with Gasteiger partial charge in [-0.15, -0.1) is 0 Å². The molecule has 1 N–H and O–H groups in total. The number of hydrogen-bond donors (Lipinski definition) is 1. The molecule has 0 radical (unpaired) electrons. The number of carbonyl (C=O) groups is 1. The summed E-state index contributed by atoms with van der Waals surface area (Å²) in [6.45, 7) is 0. The van der Waals surface area contributed by atoms with Gasteiger partial charge < -0.3 is 5.32 Å². The van der Waals surface area contributed by atoms with Crippen LogP contribution in [0, 0.1) is 5.82 Å². The normalized spacial score (nSPS) is 17.8. The van der Waals surface area contributed by atoms with Gasteiger partial charge in [-0.2, -0.15) is 0 Å². The number of nitrogens with zero attached hydrogens (tertiary/aromatic N) is 1. The topological polar surface area (TPSA) is 41.5 Å². The highest BCUT2D eigenvalue weighted by Crippen LogP contribution is 2.29. The predicted molar refractivity (Wildman–Crippen MR) is 93.7 cm³/mol. The van der Waals surface area contributed by atoms with Crippen LogP contribution < -0.4 is 5.32 Å². The van der Waals surface area contributed by atoms with Crippen LogP contribution in [0.25, 0.3) is 6.08 Å². The van der Waals surface area contributed by atoms with E-state index < -0.39 is 5.82 Å². The Balaban J connectivity index is 1.82. The molecular weight excluding hydrogens is 358 g/mol. The van der Waals surface area contributed by atoms with Crippen molar-refractivity contribution in [2.75, 3.05) is 0 Å². The SMILES string of the molecule is O=C1NC(=Nc2ccc(F)c(Cl)c2)S/C1=C\c1ccc(Cl)cc1. The molecule has 116 valence electrons. The van der Waals surface area contributed by atoms with Crippen molar-refractivity contribution in [2.45, 2.75) is 0 Å². The molecule has 0 bridgehead atoms. The smallest absolute Gasteiger partial charge is 0.264 e. The summed E-state index contributed by atoms with van der Waals surface area (Å²) in [4.78, 5) is 16.7. The maximum Gasteiger partial charge on any atom is 0.264 e. The number of carbonyl (C=O) groups excluding carboxylic acids is 1. The van der Waals surface area contributed by atoms with Crippen molar-refractivity contribution in [2.24, 2.45) is 4.99 Å². The Bertz CT molecular complexity index is 834. The van der Waals surface area contributed by atoms with Gasteiger partial charge in [0.1, 0.15) is 5.82 Å². The number of halogens is 3. The van der Waals surface area contributed by atoms with Gasteiger partial charge >= 0.3 is 0 Å². The monoisotopic (exact) mass is 366 g/mol. The second kappa shape index (κ2) is 6.74. The van der Waals surface area contributed by atoms with Gasteiger partial charge in [-0.3, -0.25) is 4.79 Å². The maximum absolute atomic E-state index is 13.1. The van der Waals surface area contributed by atoms with Crippen LogP contribution in [0.4, 0.5) is 10.1 Å². The molecule has 0 spiro atoms. The van der Waals surface area contributed by atoms with Gasteiger partial charge in [0.05, 0.1) is 15.6 Å². The lowest BCUT2D eigenvalue weighted by Crippen LogP contribution is -2.19. The zero-order valence-corrected chi connectivity index (χ0v) is 13.8. The lowest BCUT2D eigenvalue weighted by Gasteiger charge is -1.98. The van der Waals surface area contributed by atoms with E-state index in [4.69, 9.17) is 23.2 Å². The number of rotatable bonds is 2. The summed E-state index contributed by atoms with van der Waals surface area (Å²) in [5.74, 6) is -0.751. The highest BCUT2D eigenvalue weighted by molar-refractivity contribution is 8.18. The van der Waals surface area contributed by atoms with E-state index in [1.807, 2.05) is 12.1 Å². The Morgan fingerprint density at radius 2 is 1.87 bits per heavy atom. The summed E-state index contributed by atoms with van der Waals surface area (Å²) >= 11 is 12.8. The minimum Gasteiger partial charge on any atom is -0.300 e.